The third-order valence-corrected chi connectivity index (χ3v) is 7.69. The summed E-state index contributed by atoms with van der Waals surface area (Å²) in [6.07, 6.45) is 2.13. The number of rotatable bonds is 6. The van der Waals surface area contributed by atoms with E-state index in [4.69, 9.17) is 0 Å². The van der Waals surface area contributed by atoms with Gasteiger partial charge in [-0.05, 0) is 56.2 Å². The highest BCUT2D eigenvalue weighted by atomic mass is 32.2. The zero-order chi connectivity index (χ0) is 19.6. The molecule has 0 spiro atoms. The summed E-state index contributed by atoms with van der Waals surface area (Å²) in [5, 5.41) is 2.02. The second kappa shape index (κ2) is 8.12. The van der Waals surface area contributed by atoms with Gasteiger partial charge in [0.05, 0.1) is 10.9 Å². The van der Waals surface area contributed by atoms with Gasteiger partial charge in [-0.2, -0.15) is 0 Å². The van der Waals surface area contributed by atoms with Gasteiger partial charge in [-0.25, -0.2) is 13.1 Å². The zero-order valence-corrected chi connectivity index (χ0v) is 17.6. The molecule has 7 heteroatoms. The number of amides is 1. The van der Waals surface area contributed by atoms with E-state index < -0.39 is 10.0 Å². The minimum atomic E-state index is -3.63. The average molecular weight is 407 g/mol. The van der Waals surface area contributed by atoms with Crippen molar-refractivity contribution in [3.8, 4) is 0 Å². The molecule has 0 radical (unpaired) electrons. The van der Waals surface area contributed by atoms with E-state index in [0.29, 0.717) is 4.90 Å². The van der Waals surface area contributed by atoms with Gasteiger partial charge in [0.1, 0.15) is 0 Å². The van der Waals surface area contributed by atoms with Gasteiger partial charge in [0.2, 0.25) is 15.9 Å². The van der Waals surface area contributed by atoms with Crippen LogP contribution < -0.4 is 4.72 Å². The Morgan fingerprint density at radius 1 is 1.26 bits per heavy atom. The van der Waals surface area contributed by atoms with Crippen molar-refractivity contribution >= 4 is 27.3 Å². The lowest BCUT2D eigenvalue weighted by molar-refractivity contribution is -0.131. The third kappa shape index (κ3) is 4.42. The summed E-state index contributed by atoms with van der Waals surface area (Å²) in [5.74, 6) is 0.00551. The molecule has 1 saturated heterocycles. The number of hydrogen-bond donors (Lipinski definition) is 1. The monoisotopic (exact) mass is 406 g/mol. The van der Waals surface area contributed by atoms with Crippen LogP contribution in [0.25, 0.3) is 0 Å². The summed E-state index contributed by atoms with van der Waals surface area (Å²) >= 11 is 1.67. The molecule has 27 heavy (non-hydrogen) atoms. The average Bonchev–Trinajstić information content (AvgIpc) is 3.24. The van der Waals surface area contributed by atoms with E-state index in [2.05, 4.69) is 10.8 Å². The predicted molar refractivity (Wildman–Crippen MR) is 108 cm³/mol. The van der Waals surface area contributed by atoms with Crippen LogP contribution in [0.5, 0.6) is 0 Å². The van der Waals surface area contributed by atoms with Crippen LogP contribution in [0.3, 0.4) is 0 Å². The summed E-state index contributed by atoms with van der Waals surface area (Å²) in [7, 11) is -3.63. The summed E-state index contributed by atoms with van der Waals surface area (Å²) in [5.41, 5.74) is 2.49. The van der Waals surface area contributed by atoms with Gasteiger partial charge in [-0.3, -0.25) is 4.79 Å². The van der Waals surface area contributed by atoms with Gasteiger partial charge in [-0.1, -0.05) is 23.8 Å². The van der Waals surface area contributed by atoms with Crippen molar-refractivity contribution in [2.24, 2.45) is 0 Å². The van der Waals surface area contributed by atoms with Crippen LogP contribution in [0.1, 0.15) is 46.9 Å². The number of thiophene rings is 1. The smallest absolute Gasteiger partial charge is 0.241 e. The molecule has 1 amide bonds. The molecule has 5 nitrogen and oxygen atoms in total. The van der Waals surface area contributed by atoms with E-state index in [-0.39, 0.29) is 24.9 Å². The van der Waals surface area contributed by atoms with Crippen LogP contribution >= 0.6 is 11.3 Å². The number of hydrogen-bond acceptors (Lipinski definition) is 4. The van der Waals surface area contributed by atoms with E-state index in [1.807, 2.05) is 35.4 Å². The second-order valence-corrected chi connectivity index (χ2v) is 9.82. The van der Waals surface area contributed by atoms with Crippen molar-refractivity contribution in [1.29, 1.82) is 0 Å². The quantitative estimate of drug-likeness (QED) is 0.795. The molecule has 0 saturated carbocycles. The lowest BCUT2D eigenvalue weighted by atomic mass is 10.1. The highest BCUT2D eigenvalue weighted by molar-refractivity contribution is 7.89. The lowest BCUT2D eigenvalue weighted by Crippen LogP contribution is -2.34. The molecule has 146 valence electrons. The first kappa shape index (κ1) is 20.0. The molecule has 3 rings (SSSR count). The fraction of sp³-hybridized carbons (Fsp3) is 0.450. The number of likely N-dealkylation sites (tertiary alicyclic amines) is 1. The first-order valence-corrected chi connectivity index (χ1v) is 11.6. The van der Waals surface area contributed by atoms with E-state index in [0.717, 1.165) is 36.1 Å². The lowest BCUT2D eigenvalue weighted by Gasteiger charge is -2.24. The van der Waals surface area contributed by atoms with E-state index >= 15 is 0 Å². The number of carbonyl (C=O) groups excluding carboxylic acids is 1. The predicted octanol–water partition coefficient (Wildman–Crippen LogP) is 3.71. The maximum Gasteiger partial charge on any atom is 0.241 e. The number of sulfonamides is 1. The molecule has 2 heterocycles. The van der Waals surface area contributed by atoms with Crippen LogP contribution in [-0.4, -0.2) is 32.3 Å². The Hall–Kier alpha value is -1.70. The largest absolute Gasteiger partial charge is 0.335 e. The third-order valence-electron chi connectivity index (χ3n) is 4.95. The minimum absolute atomic E-state index is 0.00551. The Labute approximate surface area is 165 Å². The molecule has 2 aromatic rings. The highest BCUT2D eigenvalue weighted by Gasteiger charge is 2.30. The molecule has 1 aromatic heterocycles. The summed E-state index contributed by atoms with van der Waals surface area (Å²) in [6, 6.07) is 7.93. The normalized spacial score (nSPS) is 17.4. The zero-order valence-electron chi connectivity index (χ0n) is 16.0. The number of nitrogens with one attached hydrogen (secondary N) is 1. The number of carbonyl (C=O) groups is 1. The van der Waals surface area contributed by atoms with Crippen molar-refractivity contribution < 1.29 is 13.2 Å². The maximum absolute atomic E-state index is 12.7. The topological polar surface area (TPSA) is 66.5 Å². The SMILES string of the molecule is Cc1cc(C)c(S(=O)(=O)NCCC(=O)N2CCCC2c2cccs2)c(C)c1. The molecule has 1 N–H and O–H groups in total. The van der Waals surface area contributed by atoms with Crippen molar-refractivity contribution in [3.05, 3.63) is 51.2 Å². The molecular weight excluding hydrogens is 380 g/mol. The highest BCUT2D eigenvalue weighted by Crippen LogP contribution is 2.34. The molecule has 1 aliphatic rings. The Morgan fingerprint density at radius 2 is 1.96 bits per heavy atom. The number of nitrogens with zero attached hydrogens (tertiary/aromatic N) is 1. The van der Waals surface area contributed by atoms with E-state index in [1.165, 1.54) is 4.88 Å². The van der Waals surface area contributed by atoms with Crippen LogP contribution in [0.15, 0.2) is 34.5 Å². The van der Waals surface area contributed by atoms with Crippen LogP contribution in [0, 0.1) is 20.8 Å². The van der Waals surface area contributed by atoms with Gasteiger partial charge in [-0.15, -0.1) is 11.3 Å². The number of benzene rings is 1. The molecular formula is C20H26N2O3S2. The first-order chi connectivity index (χ1) is 12.8. The fourth-order valence-corrected chi connectivity index (χ4v) is 6.29. The maximum atomic E-state index is 12.7. The van der Waals surface area contributed by atoms with Crippen LogP contribution in [0.4, 0.5) is 0 Å². The van der Waals surface area contributed by atoms with Gasteiger partial charge >= 0.3 is 0 Å². The Bertz CT molecular complexity index is 898. The summed E-state index contributed by atoms with van der Waals surface area (Å²) in [6.45, 7) is 6.40. The van der Waals surface area contributed by atoms with Crippen LogP contribution in [0.2, 0.25) is 0 Å². The van der Waals surface area contributed by atoms with E-state index in [1.54, 1.807) is 25.2 Å². The molecule has 0 bridgehead atoms. The van der Waals surface area contributed by atoms with Gasteiger partial charge < -0.3 is 4.90 Å². The van der Waals surface area contributed by atoms with Crippen molar-refractivity contribution in [2.75, 3.05) is 13.1 Å². The van der Waals surface area contributed by atoms with E-state index in [9.17, 15) is 13.2 Å². The van der Waals surface area contributed by atoms with Gasteiger partial charge in [0.15, 0.2) is 0 Å². The Kier molecular flexibility index (Phi) is 6.03. The molecule has 1 unspecified atom stereocenters. The molecule has 1 atom stereocenters. The molecule has 0 aliphatic carbocycles. The summed E-state index contributed by atoms with van der Waals surface area (Å²) < 4.78 is 28.0. The second-order valence-electron chi connectivity index (χ2n) is 7.14. The molecule has 1 aliphatic heterocycles. The molecule has 1 fully saturated rings. The van der Waals surface area contributed by atoms with Crippen molar-refractivity contribution in [1.82, 2.24) is 9.62 Å². The minimum Gasteiger partial charge on any atom is -0.335 e. The molecule has 1 aromatic carbocycles. The fourth-order valence-electron chi connectivity index (χ4n) is 3.94. The van der Waals surface area contributed by atoms with Gasteiger partial charge in [0, 0.05) is 24.4 Å². The Balaban J connectivity index is 1.63. The van der Waals surface area contributed by atoms with Crippen LogP contribution in [-0.2, 0) is 14.8 Å². The first-order valence-electron chi connectivity index (χ1n) is 9.20. The Morgan fingerprint density at radius 3 is 2.59 bits per heavy atom. The van der Waals surface area contributed by atoms with Crippen molar-refractivity contribution in [2.45, 2.75) is 51.0 Å². The number of aryl methyl sites for hydroxylation is 3. The van der Waals surface area contributed by atoms with Gasteiger partial charge in [0.25, 0.3) is 0 Å². The summed E-state index contributed by atoms with van der Waals surface area (Å²) in [4.78, 5) is 16.1. The standard InChI is InChI=1S/C20H26N2O3S2/c1-14-12-15(2)20(16(3)13-14)27(24,25)21-9-8-19(23)22-10-4-6-17(22)18-7-5-11-26-18/h5,7,11-13,17,21H,4,6,8-10H2,1-3H3. The van der Waals surface area contributed by atoms with Crippen molar-refractivity contribution in [3.63, 3.8) is 0 Å².